The van der Waals surface area contributed by atoms with Crippen LogP contribution >= 0.6 is 0 Å². The van der Waals surface area contributed by atoms with Gasteiger partial charge in [0, 0.05) is 7.11 Å². The molecule has 664 valence electrons. The molecule has 9 aliphatic rings. The fourth-order valence-electron chi connectivity index (χ4n) is 23.4. The third kappa shape index (κ3) is 32.3. The van der Waals surface area contributed by atoms with Crippen LogP contribution in [0.3, 0.4) is 0 Å². The average molecular weight is 1640 g/mol. The lowest BCUT2D eigenvalue weighted by molar-refractivity contribution is 0.0392. The van der Waals surface area contributed by atoms with Crippen LogP contribution in [0.25, 0.3) is 11.1 Å². The lowest BCUT2D eigenvalue weighted by atomic mass is 9.68. The number of rotatable bonds is 23. The molecule has 0 unspecified atom stereocenters. The number of methoxy groups -OCH3 is 1. The molecule has 0 bridgehead atoms. The Morgan fingerprint density at radius 3 is 0.752 bits per heavy atom. The number of benzene rings is 5. The van der Waals surface area contributed by atoms with Crippen LogP contribution < -0.4 is 0 Å². The van der Waals surface area contributed by atoms with E-state index < -0.39 is 46.5 Å². The van der Waals surface area contributed by atoms with Crippen LogP contribution in [-0.4, -0.2) is 13.2 Å². The molecule has 0 atom stereocenters. The summed E-state index contributed by atoms with van der Waals surface area (Å²) in [4.78, 5) is 0. The van der Waals surface area contributed by atoms with Crippen LogP contribution in [0.1, 0.15) is 432 Å². The molecule has 5 aromatic rings. The molecule has 9 saturated carbocycles. The van der Waals surface area contributed by atoms with Gasteiger partial charge in [0.15, 0.2) is 46.5 Å². The standard InChI is InChI=1S/C23H34F2.C23H28F2.C21H30F2.C20H28F2.C16H30O.5CH4/c2*1-2-3-4-5-17-6-8-18(9-7-17)19-10-12-20(13-11-19)21-14-15-22(24)23(25)16-21;1-2-3-15-4-6-16(7-5-15)17-8-10-18(11-9-17)19-12-13-20(22)21(23)14-19;1-2-14-3-5-15(6-4-14)16-7-9-17(10-8-16)18-11-12-19(21)20(22)13-18;1-3-4-13-5-7-14(8-6-13)15-9-11-16(17-2)12-10-15;;;;;/h14-20H,2-13H2,1H3;10-18H,2-9H2,1H3;12-18H,2-11H2,1H3;11-17H,2-10H2,1H3;13-16H,3-12H2,1-2H3;5*1H4. The molecule has 14 rings (SSSR count). The molecule has 0 amide bonds. The van der Waals surface area contributed by atoms with Gasteiger partial charge in [-0.05, 0) is 362 Å². The molecule has 5 aromatic carbocycles. The van der Waals surface area contributed by atoms with Gasteiger partial charge >= 0.3 is 0 Å². The smallest absolute Gasteiger partial charge is 0.159 e. The van der Waals surface area contributed by atoms with E-state index in [-0.39, 0.29) is 37.1 Å². The molecule has 0 aliphatic heterocycles. The zero-order chi connectivity index (χ0) is 79.1. The Morgan fingerprint density at radius 2 is 0.470 bits per heavy atom. The van der Waals surface area contributed by atoms with Gasteiger partial charge in [0.1, 0.15) is 0 Å². The molecule has 9 heteroatoms. The van der Waals surface area contributed by atoms with Crippen LogP contribution in [0.2, 0.25) is 0 Å². The summed E-state index contributed by atoms with van der Waals surface area (Å²) in [5.41, 5.74) is 6.04. The molecule has 0 aromatic heterocycles. The topological polar surface area (TPSA) is 9.23 Å². The van der Waals surface area contributed by atoms with Crippen LogP contribution in [-0.2, 0) is 4.74 Å². The van der Waals surface area contributed by atoms with Gasteiger partial charge in [0.25, 0.3) is 0 Å². The van der Waals surface area contributed by atoms with Gasteiger partial charge in [-0.15, -0.1) is 0 Å². The first-order chi connectivity index (χ1) is 54.5. The first-order valence-corrected chi connectivity index (χ1v) is 46.9. The molecule has 0 saturated heterocycles. The molecule has 9 fully saturated rings. The SMILES string of the molecule is C.C.C.C.C.CCC1CCC(C2CCC(c3ccc(F)c(F)c3)CC2)CC1.CCCC1CCC(C2CCC(OC)CC2)CC1.CCCC1CCC(C2CCC(c3ccc(F)c(F)c3)CC2)CC1.CCCCCC1CCC(C2CCC(c3ccc(F)c(F)c3)CC2)CC1.CCCCCC1CCC(c2ccc(-c3ccc(F)c(F)c3)cc2)CC1. The molecule has 0 radical (unpaired) electrons. The lowest BCUT2D eigenvalue weighted by Gasteiger charge is -2.38. The van der Waals surface area contributed by atoms with Crippen molar-refractivity contribution in [3.8, 4) is 11.1 Å². The second kappa shape index (κ2) is 54.9. The molecular formula is C108H170F8O. The van der Waals surface area contributed by atoms with Crippen LogP contribution in [0.4, 0.5) is 35.1 Å². The van der Waals surface area contributed by atoms with Crippen molar-refractivity contribution in [3.05, 3.63) is 166 Å². The van der Waals surface area contributed by atoms with Crippen molar-refractivity contribution in [2.45, 2.75) is 416 Å². The maximum atomic E-state index is 13.5. The minimum Gasteiger partial charge on any atom is -0.381 e. The minimum absolute atomic E-state index is 0. The van der Waals surface area contributed by atoms with Gasteiger partial charge in [0.05, 0.1) is 6.10 Å². The van der Waals surface area contributed by atoms with Crippen molar-refractivity contribution in [1.29, 1.82) is 0 Å². The van der Waals surface area contributed by atoms with E-state index in [0.717, 1.165) is 143 Å². The summed E-state index contributed by atoms with van der Waals surface area (Å²) in [6.07, 6.45) is 67.0. The monoisotopic (exact) mass is 1640 g/mol. The summed E-state index contributed by atoms with van der Waals surface area (Å²) in [7, 11) is 1.88. The summed E-state index contributed by atoms with van der Waals surface area (Å²) in [5, 5.41) is 0. The number of hydrogen-bond donors (Lipinski definition) is 0. The van der Waals surface area contributed by atoms with Gasteiger partial charge < -0.3 is 4.74 Å². The molecule has 9 aliphatic carbocycles. The van der Waals surface area contributed by atoms with Crippen molar-refractivity contribution >= 4 is 0 Å². The van der Waals surface area contributed by atoms with E-state index in [0.29, 0.717) is 29.8 Å². The Labute approximate surface area is 713 Å². The van der Waals surface area contributed by atoms with E-state index in [4.69, 9.17) is 4.74 Å². The van der Waals surface area contributed by atoms with E-state index in [1.54, 1.807) is 24.3 Å². The predicted molar refractivity (Wildman–Crippen MR) is 486 cm³/mol. The van der Waals surface area contributed by atoms with Crippen molar-refractivity contribution in [2.75, 3.05) is 7.11 Å². The van der Waals surface area contributed by atoms with Crippen molar-refractivity contribution in [3.63, 3.8) is 0 Å². The first-order valence-electron chi connectivity index (χ1n) is 46.9. The predicted octanol–water partition coefficient (Wildman–Crippen LogP) is 36.4. The normalized spacial score (nSPS) is 29.0. The van der Waals surface area contributed by atoms with E-state index in [1.165, 1.54) is 330 Å². The van der Waals surface area contributed by atoms with Crippen LogP contribution in [0, 0.1) is 123 Å². The zero-order valence-corrected chi connectivity index (χ0v) is 70.7. The highest BCUT2D eigenvalue weighted by molar-refractivity contribution is 5.64. The van der Waals surface area contributed by atoms with E-state index in [9.17, 15) is 35.1 Å². The van der Waals surface area contributed by atoms with Gasteiger partial charge in [-0.25, -0.2) is 35.1 Å². The van der Waals surface area contributed by atoms with Crippen LogP contribution in [0.5, 0.6) is 0 Å². The Hall–Kier alpha value is -4.50. The fraction of sp³-hybridized carbons (Fsp3) is 0.722. The second-order valence-corrected chi connectivity index (χ2v) is 37.7. The molecule has 0 heterocycles. The highest BCUT2D eigenvalue weighted by atomic mass is 19.2. The maximum absolute atomic E-state index is 13.5. The average Bonchev–Trinajstić information content (AvgIpc) is 0.837. The minimum atomic E-state index is -0.795. The number of halogens is 8. The van der Waals surface area contributed by atoms with Crippen LogP contribution in [0.15, 0.2) is 97.1 Å². The van der Waals surface area contributed by atoms with Gasteiger partial charge in [0.2, 0.25) is 0 Å². The lowest BCUT2D eigenvalue weighted by Crippen LogP contribution is -2.28. The largest absolute Gasteiger partial charge is 0.381 e. The van der Waals surface area contributed by atoms with Gasteiger partial charge in [-0.1, -0.05) is 255 Å². The highest BCUT2D eigenvalue weighted by Gasteiger charge is 2.36. The summed E-state index contributed by atoms with van der Waals surface area (Å²) < 4.78 is 112. The fourth-order valence-corrected chi connectivity index (χ4v) is 23.4. The number of hydrogen-bond acceptors (Lipinski definition) is 1. The molecule has 0 N–H and O–H groups in total. The van der Waals surface area contributed by atoms with Crippen molar-refractivity contribution < 1.29 is 39.9 Å². The van der Waals surface area contributed by atoms with E-state index in [2.05, 4.69) is 46.8 Å². The Kier molecular flexibility index (Phi) is 48.3. The molecule has 1 nitrogen and oxygen atoms in total. The summed E-state index contributed by atoms with van der Waals surface area (Å²) in [5.74, 6) is 8.48. The highest BCUT2D eigenvalue weighted by Crippen LogP contribution is 2.50. The summed E-state index contributed by atoms with van der Waals surface area (Å²) in [6, 6.07) is 25.9. The summed E-state index contributed by atoms with van der Waals surface area (Å²) >= 11 is 0. The zero-order valence-electron chi connectivity index (χ0n) is 70.7. The third-order valence-corrected chi connectivity index (χ3v) is 30.7. The number of ether oxygens (including phenoxy) is 1. The second-order valence-electron chi connectivity index (χ2n) is 37.7. The van der Waals surface area contributed by atoms with Gasteiger partial charge in [-0.2, -0.15) is 0 Å². The van der Waals surface area contributed by atoms with Crippen molar-refractivity contribution in [1.82, 2.24) is 0 Å². The Morgan fingerprint density at radius 1 is 0.231 bits per heavy atom. The van der Waals surface area contributed by atoms with E-state index >= 15 is 0 Å². The Balaban J connectivity index is 0.000000259. The molecular weight excluding hydrogens is 1470 g/mol. The van der Waals surface area contributed by atoms with E-state index in [1.807, 2.05) is 19.2 Å². The quantitative estimate of drug-likeness (QED) is 0.0468. The molecule has 0 spiro atoms. The Bertz CT molecular complexity index is 3390. The maximum Gasteiger partial charge on any atom is 0.159 e. The van der Waals surface area contributed by atoms with Crippen molar-refractivity contribution in [2.24, 2.45) is 76.9 Å². The first kappa shape index (κ1) is 103. The van der Waals surface area contributed by atoms with Gasteiger partial charge in [-0.3, -0.25) is 0 Å². The number of unbranched alkanes of at least 4 members (excludes halogenated alkanes) is 4. The third-order valence-electron chi connectivity index (χ3n) is 30.7. The molecule has 117 heavy (non-hydrogen) atoms. The summed E-state index contributed by atoms with van der Waals surface area (Å²) in [6.45, 7) is 11.5.